The van der Waals surface area contributed by atoms with Gasteiger partial charge in [-0.2, -0.15) is 0 Å². The van der Waals surface area contributed by atoms with Gasteiger partial charge in [0.25, 0.3) is 0 Å². The Morgan fingerprint density at radius 3 is 1.42 bits per heavy atom. The van der Waals surface area contributed by atoms with Crippen molar-refractivity contribution in [3.63, 3.8) is 0 Å². The molecule has 0 bridgehead atoms. The molecular weight excluding hydrogens is 248 g/mol. The maximum Gasteiger partial charge on any atom is 0.104 e. The summed E-state index contributed by atoms with van der Waals surface area (Å²) in [4.78, 5) is 0. The third kappa shape index (κ3) is 6.68. The van der Waals surface area contributed by atoms with Crippen LogP contribution in [0.1, 0.15) is 25.7 Å². The second kappa shape index (κ2) is 8.17. The lowest BCUT2D eigenvalue weighted by molar-refractivity contribution is 0.102. The molecule has 2 unspecified atom stereocenters. The van der Waals surface area contributed by atoms with Crippen LogP contribution in [0.4, 0.5) is 0 Å². The molecule has 0 spiro atoms. The van der Waals surface area contributed by atoms with E-state index in [-0.39, 0.29) is 0 Å². The van der Waals surface area contributed by atoms with Crippen LogP contribution < -0.4 is 0 Å². The maximum absolute atomic E-state index is 8.79. The molecule has 0 amide bonds. The molecule has 0 aromatic rings. The summed E-state index contributed by atoms with van der Waals surface area (Å²) in [5.41, 5.74) is 0. The van der Waals surface area contributed by atoms with Crippen molar-refractivity contribution in [3.05, 3.63) is 0 Å². The largest absolute Gasteiger partial charge is 0.396 e. The van der Waals surface area contributed by atoms with E-state index in [0.717, 1.165) is 52.1 Å². The number of epoxide rings is 2. The molecule has 5 nitrogen and oxygen atoms in total. The van der Waals surface area contributed by atoms with E-state index in [9.17, 15) is 0 Å². The van der Waals surface area contributed by atoms with Gasteiger partial charge in [-0.3, -0.25) is 0 Å². The van der Waals surface area contributed by atoms with E-state index in [1.54, 1.807) is 0 Å². The fourth-order valence-corrected chi connectivity index (χ4v) is 2.26. The smallest absolute Gasteiger partial charge is 0.104 e. The van der Waals surface area contributed by atoms with Crippen molar-refractivity contribution in [2.45, 2.75) is 37.9 Å². The van der Waals surface area contributed by atoms with Gasteiger partial charge in [-0.1, -0.05) is 0 Å². The second-order valence-electron chi connectivity index (χ2n) is 5.70. The number of aliphatic hydroxyl groups is 2. The predicted octanol–water partition coefficient (Wildman–Crippen LogP) is 0.578. The zero-order chi connectivity index (χ0) is 13.5. The first kappa shape index (κ1) is 15.2. The van der Waals surface area contributed by atoms with Crippen LogP contribution in [0.5, 0.6) is 0 Å². The zero-order valence-electron chi connectivity index (χ0n) is 11.5. The minimum Gasteiger partial charge on any atom is -0.396 e. The van der Waals surface area contributed by atoms with Gasteiger partial charge < -0.3 is 24.4 Å². The number of rotatable bonds is 6. The zero-order valence-corrected chi connectivity index (χ0v) is 11.5. The summed E-state index contributed by atoms with van der Waals surface area (Å²) >= 11 is 0. The standard InChI is InChI=1S/C8H16O2.C6H10O3/c9-5-7-1-2-8(6-10)4-3-7;1(5-3-8-5)7-2-6-4-9-6/h7-10H,1-6H2;5-6H,1-4H2/t7-,8-;. The van der Waals surface area contributed by atoms with Crippen LogP contribution in [0.3, 0.4) is 0 Å². The predicted molar refractivity (Wildman–Crippen MR) is 69.9 cm³/mol. The van der Waals surface area contributed by atoms with E-state index in [0.29, 0.717) is 37.3 Å². The maximum atomic E-state index is 8.79. The van der Waals surface area contributed by atoms with Crippen molar-refractivity contribution in [3.8, 4) is 0 Å². The average molecular weight is 274 g/mol. The highest BCUT2D eigenvalue weighted by atomic mass is 16.6. The van der Waals surface area contributed by atoms with E-state index in [2.05, 4.69) is 0 Å². The Labute approximate surface area is 114 Å². The van der Waals surface area contributed by atoms with Crippen LogP contribution in [0.2, 0.25) is 0 Å². The number of hydrogen-bond donors (Lipinski definition) is 2. The highest BCUT2D eigenvalue weighted by molar-refractivity contribution is 4.71. The van der Waals surface area contributed by atoms with Gasteiger partial charge in [0.1, 0.15) is 12.2 Å². The van der Waals surface area contributed by atoms with Crippen LogP contribution in [0, 0.1) is 11.8 Å². The first-order valence-electron chi connectivity index (χ1n) is 7.34. The first-order valence-corrected chi connectivity index (χ1v) is 7.34. The van der Waals surface area contributed by atoms with E-state index < -0.39 is 0 Å². The Morgan fingerprint density at radius 1 is 0.789 bits per heavy atom. The van der Waals surface area contributed by atoms with Gasteiger partial charge in [0, 0.05) is 13.2 Å². The molecule has 1 aliphatic carbocycles. The average Bonchev–Trinajstić information content (AvgIpc) is 3.34. The van der Waals surface area contributed by atoms with Gasteiger partial charge in [-0.05, 0) is 37.5 Å². The van der Waals surface area contributed by atoms with Gasteiger partial charge in [-0.15, -0.1) is 0 Å². The molecule has 3 rings (SSSR count). The summed E-state index contributed by atoms with van der Waals surface area (Å²) in [6.07, 6.45) is 5.18. The Bertz CT molecular complexity index is 208. The number of hydrogen-bond acceptors (Lipinski definition) is 5. The molecule has 5 heteroatoms. The second-order valence-corrected chi connectivity index (χ2v) is 5.70. The minimum atomic E-state index is 0.331. The lowest BCUT2D eigenvalue weighted by Crippen LogP contribution is -2.19. The summed E-state index contributed by atoms with van der Waals surface area (Å²) in [6, 6.07) is 0. The van der Waals surface area contributed by atoms with Gasteiger partial charge in [0.05, 0.1) is 26.4 Å². The molecule has 0 aromatic heterocycles. The third-order valence-corrected chi connectivity index (χ3v) is 3.89. The van der Waals surface area contributed by atoms with Crippen molar-refractivity contribution in [1.29, 1.82) is 0 Å². The number of aliphatic hydroxyl groups excluding tert-OH is 2. The molecule has 3 fully saturated rings. The molecule has 112 valence electrons. The molecule has 1 saturated carbocycles. The van der Waals surface area contributed by atoms with Gasteiger partial charge in [-0.25, -0.2) is 0 Å². The topological polar surface area (TPSA) is 74.8 Å². The molecular formula is C14H26O5. The molecule has 2 heterocycles. The molecule has 2 aliphatic heterocycles. The molecule has 0 aromatic carbocycles. The van der Waals surface area contributed by atoms with Crippen LogP contribution >= 0.6 is 0 Å². The third-order valence-electron chi connectivity index (χ3n) is 3.89. The molecule has 2 saturated heterocycles. The fourth-order valence-electron chi connectivity index (χ4n) is 2.26. The van der Waals surface area contributed by atoms with E-state index in [1.165, 1.54) is 0 Å². The van der Waals surface area contributed by atoms with E-state index in [1.807, 2.05) is 0 Å². The summed E-state index contributed by atoms with van der Waals surface area (Å²) in [5.74, 6) is 1.03. The van der Waals surface area contributed by atoms with Gasteiger partial charge in [0.15, 0.2) is 0 Å². The van der Waals surface area contributed by atoms with Gasteiger partial charge in [0.2, 0.25) is 0 Å². The van der Waals surface area contributed by atoms with Crippen LogP contribution in [0.25, 0.3) is 0 Å². The summed E-state index contributed by atoms with van der Waals surface area (Å²) < 4.78 is 15.1. The van der Waals surface area contributed by atoms with E-state index in [4.69, 9.17) is 24.4 Å². The minimum absolute atomic E-state index is 0.331. The number of ether oxygens (including phenoxy) is 3. The Balaban J connectivity index is 0.000000141. The molecule has 2 atom stereocenters. The Kier molecular flexibility index (Phi) is 6.53. The van der Waals surface area contributed by atoms with Crippen molar-refractivity contribution in [2.24, 2.45) is 11.8 Å². The lowest BCUT2D eigenvalue weighted by Gasteiger charge is -2.25. The van der Waals surface area contributed by atoms with E-state index >= 15 is 0 Å². The van der Waals surface area contributed by atoms with Gasteiger partial charge >= 0.3 is 0 Å². The fraction of sp³-hybridized carbons (Fsp3) is 1.00. The summed E-state index contributed by atoms with van der Waals surface area (Å²) in [7, 11) is 0. The quantitative estimate of drug-likeness (QED) is 0.693. The normalized spacial score (nSPS) is 36.3. The van der Waals surface area contributed by atoms with Crippen molar-refractivity contribution < 1.29 is 24.4 Å². The lowest BCUT2D eigenvalue weighted by atomic mass is 9.83. The van der Waals surface area contributed by atoms with Crippen LogP contribution in [-0.4, -0.2) is 62.1 Å². The summed E-state index contributed by atoms with van der Waals surface area (Å²) in [6.45, 7) is 3.92. The Morgan fingerprint density at radius 2 is 1.16 bits per heavy atom. The van der Waals surface area contributed by atoms with Crippen LogP contribution in [0.15, 0.2) is 0 Å². The highest BCUT2D eigenvalue weighted by Crippen LogP contribution is 2.27. The SMILES string of the molecule is C(OCC1CO1)C1CO1.OC[C@H]1CC[C@H](CO)CC1. The molecule has 3 aliphatic rings. The highest BCUT2D eigenvalue weighted by Gasteiger charge is 2.26. The molecule has 0 radical (unpaired) electrons. The monoisotopic (exact) mass is 274 g/mol. The van der Waals surface area contributed by atoms with Crippen molar-refractivity contribution in [2.75, 3.05) is 39.6 Å². The first-order chi connectivity index (χ1) is 9.31. The molecule has 19 heavy (non-hydrogen) atoms. The van der Waals surface area contributed by atoms with Crippen molar-refractivity contribution in [1.82, 2.24) is 0 Å². The Hall–Kier alpha value is -0.200. The van der Waals surface area contributed by atoms with Crippen LogP contribution in [-0.2, 0) is 14.2 Å². The van der Waals surface area contributed by atoms with Crippen molar-refractivity contribution >= 4 is 0 Å². The summed E-state index contributed by atoms with van der Waals surface area (Å²) in [5, 5.41) is 17.6. The molecule has 2 N–H and O–H groups in total.